The summed E-state index contributed by atoms with van der Waals surface area (Å²) >= 11 is 6.45. The first kappa shape index (κ1) is 28.1. The van der Waals surface area contributed by atoms with Gasteiger partial charge in [-0.15, -0.1) is 0 Å². The molecule has 8 heteroatoms. The van der Waals surface area contributed by atoms with E-state index in [4.69, 9.17) is 21.1 Å². The van der Waals surface area contributed by atoms with Gasteiger partial charge in [0.05, 0.1) is 6.54 Å². The number of benzene rings is 2. The molecule has 2 heterocycles. The first-order chi connectivity index (χ1) is 19.4. The quantitative estimate of drug-likeness (QED) is 0.287. The molecule has 3 aromatic rings. The summed E-state index contributed by atoms with van der Waals surface area (Å²) in [5.41, 5.74) is 2.58. The van der Waals surface area contributed by atoms with Gasteiger partial charge in [-0.05, 0) is 60.7 Å². The predicted molar refractivity (Wildman–Crippen MR) is 156 cm³/mol. The number of amides is 2. The van der Waals surface area contributed by atoms with Gasteiger partial charge in [-0.3, -0.25) is 9.59 Å². The number of hydrogen-bond acceptors (Lipinski definition) is 4. The van der Waals surface area contributed by atoms with Gasteiger partial charge in [0.1, 0.15) is 6.54 Å². The summed E-state index contributed by atoms with van der Waals surface area (Å²) in [6.45, 7) is 5.92. The topological polar surface area (TPSA) is 64.0 Å². The van der Waals surface area contributed by atoms with Crippen LogP contribution in [0.15, 0.2) is 60.8 Å². The molecular weight excluding hydrogens is 526 g/mol. The maximum Gasteiger partial charge on any atom is 0.254 e. The van der Waals surface area contributed by atoms with Gasteiger partial charge in [0.15, 0.2) is 11.5 Å². The Morgan fingerprint density at radius 2 is 1.77 bits per heavy atom. The van der Waals surface area contributed by atoms with Crippen LogP contribution in [0.2, 0.25) is 5.02 Å². The van der Waals surface area contributed by atoms with Crippen LogP contribution in [0.1, 0.15) is 67.6 Å². The highest BCUT2D eigenvalue weighted by Crippen LogP contribution is 2.33. The van der Waals surface area contributed by atoms with Gasteiger partial charge < -0.3 is 23.8 Å². The van der Waals surface area contributed by atoms with Crippen molar-refractivity contribution in [1.29, 1.82) is 0 Å². The van der Waals surface area contributed by atoms with Crippen molar-refractivity contribution < 1.29 is 19.1 Å². The molecule has 0 atom stereocenters. The molecule has 2 amide bonds. The van der Waals surface area contributed by atoms with E-state index in [1.807, 2.05) is 41.4 Å². The smallest absolute Gasteiger partial charge is 0.254 e. The first-order valence-corrected chi connectivity index (χ1v) is 14.6. The molecule has 212 valence electrons. The second-order valence-corrected chi connectivity index (χ2v) is 11.6. The lowest BCUT2D eigenvalue weighted by Gasteiger charge is -2.36. The number of carbonyl (C=O) groups is 2. The van der Waals surface area contributed by atoms with E-state index in [1.165, 1.54) is 6.42 Å². The lowest BCUT2D eigenvalue weighted by Crippen LogP contribution is -2.48. The zero-order valence-electron chi connectivity index (χ0n) is 23.4. The molecule has 2 aromatic carbocycles. The third kappa shape index (κ3) is 6.64. The van der Waals surface area contributed by atoms with Crippen LogP contribution >= 0.6 is 11.6 Å². The van der Waals surface area contributed by atoms with Gasteiger partial charge in [0.2, 0.25) is 12.7 Å². The van der Waals surface area contributed by atoms with E-state index < -0.39 is 0 Å². The Bertz CT molecular complexity index is 1330. The molecule has 2 aliphatic rings. The van der Waals surface area contributed by atoms with Gasteiger partial charge in [-0.2, -0.15) is 0 Å². The van der Waals surface area contributed by atoms with Crippen LogP contribution in [-0.4, -0.2) is 52.1 Å². The van der Waals surface area contributed by atoms with Crippen LogP contribution < -0.4 is 9.47 Å². The summed E-state index contributed by atoms with van der Waals surface area (Å²) in [6.07, 6.45) is 7.43. The fourth-order valence-corrected chi connectivity index (χ4v) is 5.87. The Labute approximate surface area is 241 Å². The van der Waals surface area contributed by atoms with Crippen molar-refractivity contribution in [2.24, 2.45) is 5.92 Å². The molecule has 0 unspecified atom stereocenters. The van der Waals surface area contributed by atoms with Gasteiger partial charge in [0, 0.05) is 41.6 Å². The average molecular weight is 564 g/mol. The van der Waals surface area contributed by atoms with E-state index in [0.29, 0.717) is 36.7 Å². The Hall–Kier alpha value is -3.45. The zero-order chi connectivity index (χ0) is 28.1. The van der Waals surface area contributed by atoms with Crippen molar-refractivity contribution >= 4 is 23.4 Å². The Kier molecular flexibility index (Phi) is 9.00. The zero-order valence-corrected chi connectivity index (χ0v) is 24.1. The van der Waals surface area contributed by atoms with Crippen LogP contribution in [0, 0.1) is 5.92 Å². The molecule has 40 heavy (non-hydrogen) atoms. The van der Waals surface area contributed by atoms with E-state index in [0.717, 1.165) is 42.0 Å². The minimum absolute atomic E-state index is 0.0212. The normalized spacial score (nSPS) is 14.9. The Morgan fingerprint density at radius 1 is 1.00 bits per heavy atom. The fraction of sp³-hybridized carbons (Fsp3) is 0.438. The summed E-state index contributed by atoms with van der Waals surface area (Å²) in [6, 6.07) is 17.3. The van der Waals surface area contributed by atoms with Crippen LogP contribution in [0.3, 0.4) is 0 Å². The van der Waals surface area contributed by atoms with Gasteiger partial charge >= 0.3 is 0 Å². The SMILES string of the molecule is CC(C)CN(CC(=O)N(Cc1cccn1Cc1ccccc1Cl)C1CCCCC1)C(=O)c1ccc2c(c1)OCO2. The molecule has 1 aliphatic heterocycles. The van der Waals surface area contributed by atoms with Crippen molar-refractivity contribution in [2.45, 2.75) is 65.1 Å². The summed E-state index contributed by atoms with van der Waals surface area (Å²) in [5, 5.41) is 0.730. The van der Waals surface area contributed by atoms with E-state index in [1.54, 1.807) is 23.1 Å². The van der Waals surface area contributed by atoms with Crippen molar-refractivity contribution in [3.05, 3.63) is 82.6 Å². The van der Waals surface area contributed by atoms with Crippen molar-refractivity contribution in [3.8, 4) is 11.5 Å². The Morgan fingerprint density at radius 3 is 2.55 bits per heavy atom. The van der Waals surface area contributed by atoms with Gasteiger partial charge in [-0.1, -0.05) is 62.9 Å². The molecule has 1 fully saturated rings. The third-order valence-corrected chi connectivity index (χ3v) is 8.08. The lowest BCUT2D eigenvalue weighted by molar-refractivity contribution is -0.135. The molecule has 0 bridgehead atoms. The van der Waals surface area contributed by atoms with Gasteiger partial charge in [-0.25, -0.2) is 0 Å². The van der Waals surface area contributed by atoms with Gasteiger partial charge in [0.25, 0.3) is 5.91 Å². The molecule has 5 rings (SSSR count). The molecule has 0 radical (unpaired) electrons. The standard InChI is InChI=1S/C32H38ClN3O4/c1-23(2)18-35(32(38)24-14-15-29-30(17-24)40-22-39-29)21-31(37)36(26-10-4-3-5-11-26)20-27-12-8-16-34(27)19-25-9-6-7-13-28(25)33/h6-9,12-17,23,26H,3-5,10-11,18-22H2,1-2H3. The molecule has 1 aliphatic carbocycles. The number of carbonyl (C=O) groups excluding carboxylic acids is 2. The van der Waals surface area contributed by atoms with Crippen molar-refractivity contribution in [2.75, 3.05) is 19.9 Å². The second-order valence-electron chi connectivity index (χ2n) is 11.2. The van der Waals surface area contributed by atoms with E-state index >= 15 is 0 Å². The number of hydrogen-bond donors (Lipinski definition) is 0. The number of ether oxygens (including phenoxy) is 2. The number of fused-ring (bicyclic) bond motifs is 1. The van der Waals surface area contributed by atoms with E-state index in [9.17, 15) is 9.59 Å². The highest BCUT2D eigenvalue weighted by atomic mass is 35.5. The fourth-order valence-electron chi connectivity index (χ4n) is 5.67. The molecule has 0 saturated heterocycles. The molecule has 0 spiro atoms. The number of nitrogens with zero attached hydrogens (tertiary/aromatic N) is 3. The van der Waals surface area contributed by atoms with Crippen molar-refractivity contribution in [3.63, 3.8) is 0 Å². The summed E-state index contributed by atoms with van der Waals surface area (Å²) in [4.78, 5) is 31.4. The summed E-state index contributed by atoms with van der Waals surface area (Å²) in [5.74, 6) is 1.20. The monoisotopic (exact) mass is 563 g/mol. The lowest BCUT2D eigenvalue weighted by atomic mass is 9.94. The molecule has 1 saturated carbocycles. The summed E-state index contributed by atoms with van der Waals surface area (Å²) in [7, 11) is 0. The molecule has 1 aromatic heterocycles. The summed E-state index contributed by atoms with van der Waals surface area (Å²) < 4.78 is 13.1. The van der Waals surface area contributed by atoms with Crippen LogP contribution in [0.5, 0.6) is 11.5 Å². The molecule has 0 N–H and O–H groups in total. The number of aromatic nitrogens is 1. The minimum atomic E-state index is -0.175. The minimum Gasteiger partial charge on any atom is -0.454 e. The maximum atomic E-state index is 14.1. The first-order valence-electron chi connectivity index (χ1n) is 14.2. The van der Waals surface area contributed by atoms with Crippen LogP contribution in [0.25, 0.3) is 0 Å². The number of halogens is 1. The van der Waals surface area contributed by atoms with Crippen LogP contribution in [-0.2, 0) is 17.9 Å². The van der Waals surface area contributed by atoms with E-state index in [2.05, 4.69) is 24.5 Å². The molecule has 7 nitrogen and oxygen atoms in total. The highest BCUT2D eigenvalue weighted by Gasteiger charge is 2.30. The average Bonchev–Trinajstić information content (AvgIpc) is 3.61. The Balaban J connectivity index is 1.37. The van der Waals surface area contributed by atoms with Crippen LogP contribution in [0.4, 0.5) is 0 Å². The highest BCUT2D eigenvalue weighted by molar-refractivity contribution is 6.31. The predicted octanol–water partition coefficient (Wildman–Crippen LogP) is 6.38. The maximum absolute atomic E-state index is 14.1. The second kappa shape index (κ2) is 12.8. The largest absolute Gasteiger partial charge is 0.454 e. The number of rotatable bonds is 10. The molecular formula is C32H38ClN3O4. The van der Waals surface area contributed by atoms with E-state index in [-0.39, 0.29) is 37.1 Å². The van der Waals surface area contributed by atoms with Crippen molar-refractivity contribution in [1.82, 2.24) is 14.4 Å². The third-order valence-electron chi connectivity index (χ3n) is 7.71.